The molecule has 4 heterocycles. The third-order valence-corrected chi connectivity index (χ3v) is 11.3. The van der Waals surface area contributed by atoms with Crippen molar-refractivity contribution in [2.24, 2.45) is 23.7 Å². The number of likely N-dealkylation sites (N-methyl/N-ethyl adjacent to an activating group) is 1. The molecule has 1 unspecified atom stereocenters. The standard InChI is InChI=1S/C34H57N3O10/c1-12-24-34(8)28(37(32(42)47-34)22-15-35-16-22)19(4)25(38)17(2)14-33(7,43-11)29(20(5)26(39)21(6)30(41)45-24)46-31-27(40)23(36(9)10)13-18(3)44-31/h17-24,27-29,31,35,40H,12-16H2,1-11H3/t17-,18+,19-,20+,21+,23-,24-,27-,28+,29-,31-,33?,34-/m0/s1. The maximum Gasteiger partial charge on any atom is 0.411 e. The number of fused-ring (bicyclic) bond motifs is 1. The first kappa shape index (κ1) is 37.7. The number of ketones is 2. The first-order chi connectivity index (χ1) is 21.9. The van der Waals surface area contributed by atoms with E-state index in [0.29, 0.717) is 25.9 Å². The summed E-state index contributed by atoms with van der Waals surface area (Å²) >= 11 is 0. The Hall–Kier alpha value is -2.16. The average Bonchev–Trinajstić information content (AvgIpc) is 3.25. The number of nitrogens with zero attached hydrogens (tertiary/aromatic N) is 2. The van der Waals surface area contributed by atoms with E-state index in [1.54, 1.807) is 32.6 Å². The van der Waals surface area contributed by atoms with Crippen LogP contribution < -0.4 is 5.32 Å². The van der Waals surface area contributed by atoms with Gasteiger partial charge in [-0.3, -0.25) is 19.3 Å². The lowest BCUT2D eigenvalue weighted by Gasteiger charge is -2.47. The Morgan fingerprint density at radius 2 is 1.66 bits per heavy atom. The summed E-state index contributed by atoms with van der Waals surface area (Å²) in [5.41, 5.74) is -2.57. The van der Waals surface area contributed by atoms with Gasteiger partial charge in [-0.25, -0.2) is 4.79 Å². The summed E-state index contributed by atoms with van der Waals surface area (Å²) in [5, 5.41) is 14.5. The number of aliphatic hydroxyl groups excluding tert-OH is 1. The highest BCUT2D eigenvalue weighted by molar-refractivity contribution is 6.00. The van der Waals surface area contributed by atoms with Crippen LogP contribution in [0.2, 0.25) is 0 Å². The van der Waals surface area contributed by atoms with Crippen molar-refractivity contribution in [2.75, 3.05) is 34.3 Å². The van der Waals surface area contributed by atoms with Gasteiger partial charge in [-0.1, -0.05) is 27.7 Å². The van der Waals surface area contributed by atoms with E-state index in [4.69, 9.17) is 23.7 Å². The second kappa shape index (κ2) is 14.4. The zero-order valence-electron chi connectivity index (χ0n) is 30.0. The summed E-state index contributed by atoms with van der Waals surface area (Å²) < 4.78 is 30.8. The topological polar surface area (TPSA) is 153 Å². The van der Waals surface area contributed by atoms with E-state index < -0.39 is 83.4 Å². The Balaban J connectivity index is 1.78. The van der Waals surface area contributed by atoms with Gasteiger partial charge in [0, 0.05) is 44.0 Å². The van der Waals surface area contributed by atoms with E-state index in [1.807, 2.05) is 39.8 Å². The van der Waals surface area contributed by atoms with Gasteiger partial charge in [0.2, 0.25) is 0 Å². The van der Waals surface area contributed by atoms with Gasteiger partial charge < -0.3 is 39.0 Å². The number of hydrogen-bond donors (Lipinski definition) is 2. The molecule has 13 nitrogen and oxygen atoms in total. The molecule has 0 radical (unpaired) electrons. The smallest absolute Gasteiger partial charge is 0.411 e. The molecule has 0 spiro atoms. The molecule has 0 aromatic rings. The molecular weight excluding hydrogens is 610 g/mol. The lowest BCUT2D eigenvalue weighted by molar-refractivity contribution is -0.295. The second-order valence-corrected chi connectivity index (χ2v) is 14.9. The molecule has 0 saturated carbocycles. The Bertz CT molecular complexity index is 1180. The van der Waals surface area contributed by atoms with Gasteiger partial charge in [0.25, 0.3) is 0 Å². The van der Waals surface area contributed by atoms with E-state index in [-0.39, 0.29) is 30.4 Å². The fraction of sp³-hybridized carbons (Fsp3) is 0.882. The fourth-order valence-corrected chi connectivity index (χ4v) is 8.26. The van der Waals surface area contributed by atoms with Crippen molar-refractivity contribution in [1.82, 2.24) is 15.1 Å². The maximum absolute atomic E-state index is 14.4. The van der Waals surface area contributed by atoms with Crippen LogP contribution in [-0.2, 0) is 38.1 Å². The van der Waals surface area contributed by atoms with Crippen LogP contribution in [0.15, 0.2) is 0 Å². The van der Waals surface area contributed by atoms with Crippen LogP contribution in [0.1, 0.15) is 74.7 Å². The van der Waals surface area contributed by atoms with Gasteiger partial charge in [0.15, 0.2) is 17.7 Å². The molecular formula is C34H57N3O10. The summed E-state index contributed by atoms with van der Waals surface area (Å²) in [6.07, 6.45) is -3.81. The number of cyclic esters (lactones) is 1. The number of aliphatic hydroxyl groups is 1. The first-order valence-corrected chi connectivity index (χ1v) is 17.1. The van der Waals surface area contributed by atoms with E-state index >= 15 is 0 Å². The summed E-state index contributed by atoms with van der Waals surface area (Å²) in [6, 6.07) is -1.16. The van der Waals surface area contributed by atoms with Gasteiger partial charge in [-0.2, -0.15) is 0 Å². The van der Waals surface area contributed by atoms with E-state index in [1.165, 1.54) is 14.0 Å². The highest BCUT2D eigenvalue weighted by atomic mass is 16.7. The number of rotatable bonds is 6. The van der Waals surface area contributed by atoms with Crippen LogP contribution >= 0.6 is 0 Å². The van der Waals surface area contributed by atoms with Crippen molar-refractivity contribution in [3.63, 3.8) is 0 Å². The lowest BCUT2D eigenvalue weighted by Crippen LogP contribution is -2.65. The second-order valence-electron chi connectivity index (χ2n) is 14.9. The molecule has 4 saturated heterocycles. The van der Waals surface area contributed by atoms with Crippen molar-refractivity contribution in [3.8, 4) is 0 Å². The van der Waals surface area contributed by atoms with Crippen LogP contribution in [-0.4, -0.2) is 133 Å². The summed E-state index contributed by atoms with van der Waals surface area (Å²) in [6.45, 7) is 15.1. The third kappa shape index (κ3) is 6.98. The molecule has 268 valence electrons. The lowest BCUT2D eigenvalue weighted by atomic mass is 9.73. The van der Waals surface area contributed by atoms with Crippen LogP contribution in [0.25, 0.3) is 0 Å². The van der Waals surface area contributed by atoms with E-state index in [0.717, 1.165) is 0 Å². The van der Waals surface area contributed by atoms with Crippen LogP contribution in [0.4, 0.5) is 4.79 Å². The summed E-state index contributed by atoms with van der Waals surface area (Å²) in [7, 11) is 5.24. The highest BCUT2D eigenvalue weighted by Gasteiger charge is 2.62. The molecule has 4 aliphatic rings. The first-order valence-electron chi connectivity index (χ1n) is 17.1. The van der Waals surface area contributed by atoms with Crippen LogP contribution in [0.5, 0.6) is 0 Å². The summed E-state index contributed by atoms with van der Waals surface area (Å²) in [5.74, 6) is -4.74. The molecule has 13 heteroatoms. The molecule has 2 N–H and O–H groups in total. The molecule has 0 aromatic heterocycles. The predicted molar refractivity (Wildman–Crippen MR) is 171 cm³/mol. The zero-order chi connectivity index (χ0) is 35.2. The monoisotopic (exact) mass is 667 g/mol. The van der Waals surface area contributed by atoms with Gasteiger partial charge in [0.05, 0.1) is 29.9 Å². The molecule has 0 aromatic carbocycles. The number of methoxy groups -OCH3 is 1. The maximum atomic E-state index is 14.4. The Morgan fingerprint density at radius 3 is 2.19 bits per heavy atom. The molecule has 0 bridgehead atoms. The van der Waals surface area contributed by atoms with Crippen molar-refractivity contribution in [1.29, 1.82) is 0 Å². The fourth-order valence-electron chi connectivity index (χ4n) is 8.26. The highest BCUT2D eigenvalue weighted by Crippen LogP contribution is 2.44. The van der Waals surface area contributed by atoms with E-state index in [2.05, 4.69) is 5.32 Å². The van der Waals surface area contributed by atoms with Crippen LogP contribution in [0, 0.1) is 23.7 Å². The molecule has 47 heavy (non-hydrogen) atoms. The number of ether oxygens (including phenoxy) is 5. The minimum atomic E-state index is -1.34. The van der Waals surface area contributed by atoms with Crippen molar-refractivity contribution in [2.45, 2.75) is 135 Å². The minimum absolute atomic E-state index is 0.125. The van der Waals surface area contributed by atoms with Gasteiger partial charge in [0.1, 0.15) is 23.9 Å². The number of carbonyl (C=O) groups excluding carboxylic acids is 4. The quantitative estimate of drug-likeness (QED) is 0.315. The van der Waals surface area contributed by atoms with Gasteiger partial charge in [-0.15, -0.1) is 0 Å². The molecule has 0 aliphatic carbocycles. The predicted octanol–water partition coefficient (Wildman–Crippen LogP) is 2.16. The molecule has 4 rings (SSSR count). The Morgan fingerprint density at radius 1 is 1.02 bits per heavy atom. The number of carbonyl (C=O) groups is 4. The average molecular weight is 668 g/mol. The zero-order valence-corrected chi connectivity index (χ0v) is 30.0. The van der Waals surface area contributed by atoms with Gasteiger partial charge >= 0.3 is 12.1 Å². The number of hydrogen-bond acceptors (Lipinski definition) is 12. The largest absolute Gasteiger partial charge is 0.458 e. The Labute approximate surface area is 279 Å². The van der Waals surface area contributed by atoms with Crippen LogP contribution in [0.3, 0.4) is 0 Å². The molecule has 1 amide bonds. The van der Waals surface area contributed by atoms with Gasteiger partial charge in [-0.05, 0) is 61.1 Å². The van der Waals surface area contributed by atoms with Crippen molar-refractivity contribution < 1.29 is 48.0 Å². The SMILES string of the molecule is CC[C@@H]1OC(=O)[C@H](C)C(=O)[C@@H](C)[C@H](O[C@@H]2O[C@H](C)C[C@H](N(C)C)[C@@H]2O)C(C)(OC)C[C@H](C)C(=O)[C@H](C)[C@H]2N(C3CNC3)C(=O)O[C@@]12C. The van der Waals surface area contributed by atoms with E-state index in [9.17, 15) is 24.3 Å². The van der Waals surface area contributed by atoms with Crippen molar-refractivity contribution >= 4 is 23.6 Å². The summed E-state index contributed by atoms with van der Waals surface area (Å²) in [4.78, 5) is 59.3. The van der Waals surface area contributed by atoms with Crippen molar-refractivity contribution in [3.05, 3.63) is 0 Å². The molecule has 4 fully saturated rings. The number of Topliss-reactive ketones (excluding diaryl/α,β-unsaturated/α-hetero) is 2. The number of nitrogens with one attached hydrogen (secondary N) is 1. The molecule has 4 aliphatic heterocycles. The number of esters is 1. The third-order valence-electron chi connectivity index (χ3n) is 11.3. The normalized spacial score (nSPS) is 44.4. The minimum Gasteiger partial charge on any atom is -0.458 e. The molecule has 13 atom stereocenters. The Kier molecular flexibility index (Phi) is 11.5. The number of amides is 1.